The highest BCUT2D eigenvalue weighted by Gasteiger charge is 2.30. The molecule has 0 radical (unpaired) electrons. The van der Waals surface area contributed by atoms with Crippen LogP contribution in [0.4, 0.5) is 0 Å². The van der Waals surface area contributed by atoms with Crippen LogP contribution in [0.2, 0.25) is 0 Å². The summed E-state index contributed by atoms with van der Waals surface area (Å²) in [4.78, 5) is 42.2. The van der Waals surface area contributed by atoms with Gasteiger partial charge in [-0.25, -0.2) is 0 Å². The minimum absolute atomic E-state index is 0.0348. The summed E-state index contributed by atoms with van der Waals surface area (Å²) in [6.45, 7) is 1.84. The lowest BCUT2D eigenvalue weighted by atomic mass is 9.81. The number of hydrogen-bond acceptors (Lipinski definition) is 4. The number of nitrogens with zero attached hydrogens (tertiary/aromatic N) is 1. The molecule has 2 heterocycles. The van der Waals surface area contributed by atoms with Crippen LogP contribution < -0.4 is 5.56 Å². The summed E-state index contributed by atoms with van der Waals surface area (Å²) in [5.74, 6) is -0.324. The van der Waals surface area contributed by atoms with Crippen LogP contribution in [0.3, 0.4) is 0 Å². The fraction of sp³-hybridized carbons (Fsp3) is 0.350. The average molecular weight is 352 g/mol. The van der Waals surface area contributed by atoms with E-state index >= 15 is 0 Å². The number of hydrogen-bond donors (Lipinski definition) is 1. The normalized spacial score (nSPS) is 19.9. The first-order chi connectivity index (χ1) is 12.6. The van der Waals surface area contributed by atoms with E-state index < -0.39 is 5.56 Å². The first-order valence-corrected chi connectivity index (χ1v) is 8.85. The van der Waals surface area contributed by atoms with Crippen molar-refractivity contribution in [3.05, 3.63) is 69.1 Å². The monoisotopic (exact) mass is 352 g/mol. The third-order valence-corrected chi connectivity index (χ3v) is 5.11. The van der Waals surface area contributed by atoms with Crippen molar-refractivity contribution in [2.45, 2.75) is 18.8 Å². The van der Waals surface area contributed by atoms with Gasteiger partial charge in [-0.1, -0.05) is 30.3 Å². The fourth-order valence-corrected chi connectivity index (χ4v) is 3.69. The Morgan fingerprint density at radius 1 is 1.08 bits per heavy atom. The Labute approximate surface area is 150 Å². The molecule has 1 amide bonds. The van der Waals surface area contributed by atoms with Crippen LogP contribution in [0, 0.1) is 0 Å². The van der Waals surface area contributed by atoms with Crippen LogP contribution in [0.25, 0.3) is 0 Å². The Morgan fingerprint density at radius 3 is 2.54 bits per heavy atom. The molecule has 6 nitrogen and oxygen atoms in total. The van der Waals surface area contributed by atoms with Gasteiger partial charge in [0, 0.05) is 30.8 Å². The lowest BCUT2D eigenvalue weighted by molar-refractivity contribution is 0.0301. The van der Waals surface area contributed by atoms with Gasteiger partial charge in [0.05, 0.1) is 13.2 Å². The highest BCUT2D eigenvalue weighted by molar-refractivity contribution is 6.02. The third-order valence-electron chi connectivity index (χ3n) is 5.11. The molecule has 2 aliphatic rings. The Balaban J connectivity index is 1.65. The lowest BCUT2D eigenvalue weighted by Crippen LogP contribution is -2.43. The molecule has 1 saturated heterocycles. The average Bonchev–Trinajstić information content (AvgIpc) is 2.68. The van der Waals surface area contributed by atoms with Crippen molar-refractivity contribution in [2.75, 3.05) is 26.3 Å². The quantitative estimate of drug-likeness (QED) is 0.893. The molecule has 1 aliphatic carbocycles. The zero-order valence-electron chi connectivity index (χ0n) is 14.4. The van der Waals surface area contributed by atoms with Crippen molar-refractivity contribution in [3.8, 4) is 0 Å². The fourth-order valence-electron chi connectivity index (χ4n) is 3.69. The summed E-state index contributed by atoms with van der Waals surface area (Å²) in [6, 6.07) is 11.3. The second kappa shape index (κ2) is 6.88. The number of ketones is 1. The molecule has 1 N–H and O–H groups in total. The maximum atomic E-state index is 12.7. The van der Waals surface area contributed by atoms with E-state index in [4.69, 9.17) is 4.74 Å². The van der Waals surface area contributed by atoms with Crippen molar-refractivity contribution in [1.29, 1.82) is 0 Å². The van der Waals surface area contributed by atoms with Crippen LogP contribution in [-0.2, 0) is 11.2 Å². The number of ether oxygens (including phenoxy) is 1. The van der Waals surface area contributed by atoms with Crippen molar-refractivity contribution >= 4 is 11.7 Å². The molecular formula is C20H20N2O4. The summed E-state index contributed by atoms with van der Waals surface area (Å²) in [6.07, 6.45) is 0.973. The van der Waals surface area contributed by atoms with E-state index in [-0.39, 0.29) is 23.2 Å². The SMILES string of the molecule is O=C1C[C@@H](c2ccccc2)Cc2[nH]c(=O)c(C(=O)N3CCOCC3)cc21. The number of morpholine rings is 1. The Kier molecular flexibility index (Phi) is 4.42. The molecule has 1 aromatic heterocycles. The first kappa shape index (κ1) is 16.7. The highest BCUT2D eigenvalue weighted by atomic mass is 16.5. The predicted octanol–water partition coefficient (Wildman–Crippen LogP) is 1.76. The van der Waals surface area contributed by atoms with Gasteiger partial charge in [-0.15, -0.1) is 0 Å². The highest BCUT2D eigenvalue weighted by Crippen LogP contribution is 2.31. The molecule has 4 rings (SSSR count). The van der Waals surface area contributed by atoms with Crippen molar-refractivity contribution < 1.29 is 14.3 Å². The molecule has 1 atom stereocenters. The van der Waals surface area contributed by atoms with Crippen molar-refractivity contribution in [3.63, 3.8) is 0 Å². The maximum absolute atomic E-state index is 12.7. The van der Waals surface area contributed by atoms with E-state index in [2.05, 4.69) is 4.98 Å². The van der Waals surface area contributed by atoms with Gasteiger partial charge >= 0.3 is 0 Å². The van der Waals surface area contributed by atoms with Gasteiger partial charge in [-0.3, -0.25) is 14.4 Å². The summed E-state index contributed by atoms with van der Waals surface area (Å²) >= 11 is 0. The number of carbonyl (C=O) groups is 2. The topological polar surface area (TPSA) is 79.5 Å². The number of aromatic amines is 1. The number of nitrogens with one attached hydrogen (secondary N) is 1. The van der Waals surface area contributed by atoms with Gasteiger partial charge in [-0.05, 0) is 24.0 Å². The van der Waals surface area contributed by atoms with E-state index in [1.165, 1.54) is 6.07 Å². The molecule has 0 unspecified atom stereocenters. The van der Waals surface area contributed by atoms with Gasteiger partial charge in [0.1, 0.15) is 5.56 Å². The second-order valence-electron chi connectivity index (χ2n) is 6.75. The van der Waals surface area contributed by atoms with Gasteiger partial charge in [0.25, 0.3) is 11.5 Å². The molecule has 0 bridgehead atoms. The molecule has 26 heavy (non-hydrogen) atoms. The Hall–Kier alpha value is -2.73. The van der Waals surface area contributed by atoms with E-state index in [9.17, 15) is 14.4 Å². The first-order valence-electron chi connectivity index (χ1n) is 8.85. The summed E-state index contributed by atoms with van der Waals surface area (Å²) in [5.41, 5.74) is 1.78. The van der Waals surface area contributed by atoms with Gasteiger partial charge in [-0.2, -0.15) is 0 Å². The zero-order valence-corrected chi connectivity index (χ0v) is 14.4. The van der Waals surface area contributed by atoms with Gasteiger partial charge < -0.3 is 14.6 Å². The minimum Gasteiger partial charge on any atom is -0.378 e. The molecule has 2 aromatic rings. The third kappa shape index (κ3) is 3.08. The molecule has 134 valence electrons. The molecule has 6 heteroatoms. The summed E-state index contributed by atoms with van der Waals surface area (Å²) in [5, 5.41) is 0. The van der Waals surface area contributed by atoms with Crippen LogP contribution in [0.15, 0.2) is 41.2 Å². The summed E-state index contributed by atoms with van der Waals surface area (Å²) < 4.78 is 5.24. The number of H-pyrrole nitrogens is 1. The molecule has 1 aromatic carbocycles. The van der Waals surface area contributed by atoms with Crippen LogP contribution in [-0.4, -0.2) is 47.9 Å². The molecule has 1 fully saturated rings. The van der Waals surface area contributed by atoms with E-state index in [0.717, 1.165) is 5.56 Å². The largest absolute Gasteiger partial charge is 0.378 e. The van der Waals surface area contributed by atoms with Crippen molar-refractivity contribution in [1.82, 2.24) is 9.88 Å². The van der Waals surface area contributed by atoms with Gasteiger partial charge in [0.2, 0.25) is 0 Å². The number of amides is 1. The van der Waals surface area contributed by atoms with Crippen LogP contribution in [0.5, 0.6) is 0 Å². The Morgan fingerprint density at radius 2 is 1.81 bits per heavy atom. The number of fused-ring (bicyclic) bond motifs is 1. The number of aromatic nitrogens is 1. The van der Waals surface area contributed by atoms with Crippen LogP contribution in [0.1, 0.15) is 44.3 Å². The summed E-state index contributed by atoms with van der Waals surface area (Å²) in [7, 11) is 0. The molecule has 0 saturated carbocycles. The number of carbonyl (C=O) groups excluding carboxylic acids is 2. The standard InChI is InChI=1S/C20H20N2O4/c23-18-11-14(13-4-2-1-3-5-13)10-17-15(18)12-16(19(24)21-17)20(25)22-6-8-26-9-7-22/h1-5,12,14H,6-11H2,(H,21,24)/t14-/m0/s1. The Bertz CT molecular complexity index is 898. The number of benzene rings is 1. The maximum Gasteiger partial charge on any atom is 0.261 e. The number of rotatable bonds is 2. The number of Topliss-reactive ketones (excluding diaryl/α,β-unsaturated/α-hetero) is 1. The van der Waals surface area contributed by atoms with E-state index in [0.29, 0.717) is 50.4 Å². The van der Waals surface area contributed by atoms with Crippen LogP contribution >= 0.6 is 0 Å². The second-order valence-corrected chi connectivity index (χ2v) is 6.75. The van der Waals surface area contributed by atoms with Gasteiger partial charge in [0.15, 0.2) is 5.78 Å². The molecule has 0 spiro atoms. The minimum atomic E-state index is -0.429. The smallest absolute Gasteiger partial charge is 0.261 e. The lowest BCUT2D eigenvalue weighted by Gasteiger charge is -2.27. The number of pyridine rings is 1. The zero-order chi connectivity index (χ0) is 18.1. The van der Waals surface area contributed by atoms with E-state index in [1.807, 2.05) is 30.3 Å². The molecular weight excluding hydrogens is 332 g/mol. The predicted molar refractivity (Wildman–Crippen MR) is 95.6 cm³/mol. The molecule has 1 aliphatic heterocycles. The van der Waals surface area contributed by atoms with E-state index in [1.54, 1.807) is 4.90 Å². The van der Waals surface area contributed by atoms with Crippen molar-refractivity contribution in [2.24, 2.45) is 0 Å².